The zero-order valence-corrected chi connectivity index (χ0v) is 14.3. The van der Waals surface area contributed by atoms with E-state index in [-0.39, 0.29) is 17.8 Å². The minimum absolute atomic E-state index is 0.156. The molecule has 0 aliphatic heterocycles. The van der Waals surface area contributed by atoms with E-state index in [2.05, 4.69) is 25.7 Å². The summed E-state index contributed by atoms with van der Waals surface area (Å²) in [7, 11) is 1.41. The van der Waals surface area contributed by atoms with Gasteiger partial charge in [-0.15, -0.1) is 0 Å². The van der Waals surface area contributed by atoms with E-state index in [1.807, 2.05) is 6.92 Å². The number of carbonyl (C=O) groups excluding carboxylic acids is 2. The third kappa shape index (κ3) is 9.76. The van der Waals surface area contributed by atoms with Crippen molar-refractivity contribution >= 4 is 17.8 Å². The lowest BCUT2D eigenvalue weighted by Crippen LogP contribution is -2.41. The van der Waals surface area contributed by atoms with E-state index in [0.717, 1.165) is 44.6 Å². The van der Waals surface area contributed by atoms with Gasteiger partial charge in [-0.25, -0.2) is 0 Å². The number of hydrogen-bond donors (Lipinski definition) is 3. The van der Waals surface area contributed by atoms with Crippen molar-refractivity contribution in [1.82, 2.24) is 16.0 Å². The maximum atomic E-state index is 11.5. The van der Waals surface area contributed by atoms with Gasteiger partial charge < -0.3 is 20.7 Å². The number of carbonyl (C=O) groups is 2. The van der Waals surface area contributed by atoms with Crippen molar-refractivity contribution in [2.45, 2.75) is 45.4 Å². The molecule has 1 amide bonds. The first kappa shape index (κ1) is 19.3. The SMILES string of the molecule is CCNC(=NCCCCCC(=O)OC)NCCNC(=O)C1CC1. The van der Waals surface area contributed by atoms with Crippen molar-refractivity contribution in [2.24, 2.45) is 10.9 Å². The van der Waals surface area contributed by atoms with E-state index in [4.69, 9.17) is 0 Å². The third-order valence-electron chi connectivity index (χ3n) is 3.55. The Balaban J connectivity index is 2.08. The fraction of sp³-hybridized carbons (Fsp3) is 0.812. The summed E-state index contributed by atoms with van der Waals surface area (Å²) in [4.78, 5) is 27.0. The first-order chi connectivity index (χ1) is 11.2. The Labute approximate surface area is 138 Å². The largest absolute Gasteiger partial charge is 0.469 e. The molecule has 1 saturated carbocycles. The summed E-state index contributed by atoms with van der Waals surface area (Å²) in [5.74, 6) is 1.03. The van der Waals surface area contributed by atoms with Crippen molar-refractivity contribution in [3.8, 4) is 0 Å². The molecule has 132 valence electrons. The summed E-state index contributed by atoms with van der Waals surface area (Å²) in [6.07, 6.45) is 5.25. The molecular formula is C16H30N4O3. The summed E-state index contributed by atoms with van der Waals surface area (Å²) < 4.78 is 4.60. The Kier molecular flexibility index (Phi) is 9.83. The smallest absolute Gasteiger partial charge is 0.305 e. The molecule has 23 heavy (non-hydrogen) atoms. The molecule has 7 heteroatoms. The van der Waals surface area contributed by atoms with E-state index in [9.17, 15) is 9.59 Å². The van der Waals surface area contributed by atoms with Crippen molar-refractivity contribution in [1.29, 1.82) is 0 Å². The van der Waals surface area contributed by atoms with Crippen LogP contribution in [0.2, 0.25) is 0 Å². The summed E-state index contributed by atoms with van der Waals surface area (Å²) in [5.41, 5.74) is 0. The normalized spacial score (nSPS) is 14.3. The second kappa shape index (κ2) is 11.7. The minimum atomic E-state index is -0.156. The molecule has 0 aromatic carbocycles. The fourth-order valence-electron chi connectivity index (χ4n) is 2.05. The highest BCUT2D eigenvalue weighted by Gasteiger charge is 2.28. The number of hydrogen-bond acceptors (Lipinski definition) is 4. The number of ether oxygens (including phenoxy) is 1. The monoisotopic (exact) mass is 326 g/mol. The van der Waals surface area contributed by atoms with Gasteiger partial charge in [-0.05, 0) is 32.6 Å². The Morgan fingerprint density at radius 1 is 1.09 bits per heavy atom. The van der Waals surface area contributed by atoms with Crippen molar-refractivity contribution in [3.63, 3.8) is 0 Å². The van der Waals surface area contributed by atoms with Gasteiger partial charge in [0.25, 0.3) is 0 Å². The van der Waals surface area contributed by atoms with E-state index >= 15 is 0 Å². The molecule has 7 nitrogen and oxygen atoms in total. The molecule has 1 fully saturated rings. The van der Waals surface area contributed by atoms with Crippen LogP contribution < -0.4 is 16.0 Å². The Bertz CT molecular complexity index is 395. The lowest BCUT2D eigenvalue weighted by molar-refractivity contribution is -0.140. The van der Waals surface area contributed by atoms with E-state index < -0.39 is 0 Å². The average molecular weight is 326 g/mol. The first-order valence-corrected chi connectivity index (χ1v) is 8.54. The number of guanidine groups is 1. The molecule has 0 atom stereocenters. The Hall–Kier alpha value is -1.79. The van der Waals surface area contributed by atoms with Crippen molar-refractivity contribution < 1.29 is 14.3 Å². The van der Waals surface area contributed by atoms with Crippen LogP contribution in [0.3, 0.4) is 0 Å². The molecule has 0 aromatic rings. The van der Waals surface area contributed by atoms with Gasteiger partial charge in [-0.3, -0.25) is 14.6 Å². The highest BCUT2D eigenvalue weighted by atomic mass is 16.5. The molecule has 3 N–H and O–H groups in total. The Morgan fingerprint density at radius 3 is 2.48 bits per heavy atom. The molecule has 1 rings (SSSR count). The highest BCUT2D eigenvalue weighted by molar-refractivity contribution is 5.81. The van der Waals surface area contributed by atoms with Gasteiger partial charge in [0.05, 0.1) is 7.11 Å². The number of aliphatic imine (C=N–C) groups is 1. The van der Waals surface area contributed by atoms with Crippen LogP contribution in [0.1, 0.15) is 45.4 Å². The summed E-state index contributed by atoms with van der Waals surface area (Å²) in [6.45, 7) is 4.79. The number of nitrogens with one attached hydrogen (secondary N) is 3. The number of nitrogens with zero attached hydrogens (tertiary/aromatic N) is 1. The minimum Gasteiger partial charge on any atom is -0.469 e. The molecule has 0 bridgehead atoms. The van der Waals surface area contributed by atoms with Crippen LogP contribution in [-0.2, 0) is 14.3 Å². The molecule has 0 aromatic heterocycles. The van der Waals surface area contributed by atoms with Gasteiger partial charge in [-0.1, -0.05) is 6.42 Å². The van der Waals surface area contributed by atoms with Crippen LogP contribution >= 0.6 is 0 Å². The predicted octanol–water partition coefficient (Wildman–Crippen LogP) is 0.801. The summed E-state index contributed by atoms with van der Waals surface area (Å²) in [6, 6.07) is 0. The van der Waals surface area contributed by atoms with Gasteiger partial charge in [0.15, 0.2) is 5.96 Å². The molecule has 0 saturated heterocycles. The predicted molar refractivity (Wildman–Crippen MR) is 90.2 cm³/mol. The highest BCUT2D eigenvalue weighted by Crippen LogP contribution is 2.28. The van der Waals surface area contributed by atoms with Crippen LogP contribution in [0.5, 0.6) is 0 Å². The van der Waals surface area contributed by atoms with Crippen LogP contribution in [0.4, 0.5) is 0 Å². The van der Waals surface area contributed by atoms with Gasteiger partial charge in [-0.2, -0.15) is 0 Å². The van der Waals surface area contributed by atoms with Crippen LogP contribution in [0.15, 0.2) is 4.99 Å². The number of amides is 1. The molecule has 1 aliphatic carbocycles. The van der Waals surface area contributed by atoms with Gasteiger partial charge in [0.2, 0.25) is 5.91 Å². The maximum Gasteiger partial charge on any atom is 0.305 e. The number of esters is 1. The van der Waals surface area contributed by atoms with E-state index in [1.165, 1.54) is 7.11 Å². The van der Waals surface area contributed by atoms with Crippen molar-refractivity contribution in [3.05, 3.63) is 0 Å². The third-order valence-corrected chi connectivity index (χ3v) is 3.55. The van der Waals surface area contributed by atoms with Crippen LogP contribution in [0, 0.1) is 5.92 Å². The zero-order chi connectivity index (χ0) is 16.9. The lowest BCUT2D eigenvalue weighted by atomic mass is 10.2. The second-order valence-electron chi connectivity index (χ2n) is 5.64. The number of rotatable bonds is 11. The molecule has 0 unspecified atom stereocenters. The van der Waals surface area contributed by atoms with Crippen LogP contribution in [0.25, 0.3) is 0 Å². The van der Waals surface area contributed by atoms with Gasteiger partial charge in [0, 0.05) is 38.5 Å². The number of methoxy groups -OCH3 is 1. The summed E-state index contributed by atoms with van der Waals surface area (Å²) in [5, 5.41) is 9.29. The summed E-state index contributed by atoms with van der Waals surface area (Å²) >= 11 is 0. The first-order valence-electron chi connectivity index (χ1n) is 8.54. The van der Waals surface area contributed by atoms with Gasteiger partial charge >= 0.3 is 5.97 Å². The molecule has 0 heterocycles. The molecule has 0 spiro atoms. The van der Waals surface area contributed by atoms with Gasteiger partial charge in [0.1, 0.15) is 0 Å². The van der Waals surface area contributed by atoms with Crippen LogP contribution in [-0.4, -0.2) is 51.1 Å². The molecular weight excluding hydrogens is 296 g/mol. The van der Waals surface area contributed by atoms with E-state index in [1.54, 1.807) is 0 Å². The van der Waals surface area contributed by atoms with E-state index in [0.29, 0.717) is 26.1 Å². The lowest BCUT2D eigenvalue weighted by Gasteiger charge is -2.11. The number of unbranched alkanes of at least 4 members (excludes halogenated alkanes) is 2. The van der Waals surface area contributed by atoms with Crippen molar-refractivity contribution in [2.75, 3.05) is 33.3 Å². The Morgan fingerprint density at radius 2 is 1.83 bits per heavy atom. The topological polar surface area (TPSA) is 91.8 Å². The average Bonchev–Trinajstić information content (AvgIpc) is 3.38. The zero-order valence-electron chi connectivity index (χ0n) is 14.3. The maximum absolute atomic E-state index is 11.5. The second-order valence-corrected chi connectivity index (χ2v) is 5.64. The fourth-order valence-corrected chi connectivity index (χ4v) is 2.05. The molecule has 1 aliphatic rings. The quantitative estimate of drug-likeness (QED) is 0.226. The standard InChI is InChI=1S/C16H30N4O3/c1-3-17-16(19-10-6-4-5-7-14(21)23-2)20-12-11-18-15(22)13-8-9-13/h13H,3-12H2,1-2H3,(H,18,22)(H2,17,19,20). The molecule has 0 radical (unpaired) electrons.